The number of rotatable bonds is 3. The van der Waals surface area contributed by atoms with Crippen LogP contribution in [0.5, 0.6) is 0 Å². The van der Waals surface area contributed by atoms with Crippen molar-refractivity contribution in [2.24, 2.45) is 0 Å². The van der Waals surface area contributed by atoms with Gasteiger partial charge in [0.05, 0.1) is 0 Å². The van der Waals surface area contributed by atoms with Crippen molar-refractivity contribution in [1.82, 2.24) is 0 Å². The predicted molar refractivity (Wildman–Crippen MR) is 35.5 cm³/mol. The van der Waals surface area contributed by atoms with Crippen LogP contribution in [0.1, 0.15) is 26.2 Å². The minimum atomic E-state index is 0. The van der Waals surface area contributed by atoms with E-state index in [0.717, 1.165) is 0 Å². The Morgan fingerprint density at radius 2 is 2.14 bits per heavy atom. The van der Waals surface area contributed by atoms with Gasteiger partial charge in [0, 0.05) is 29.6 Å². The number of allylic oxidation sites excluding steroid dienone is 1. The van der Waals surface area contributed by atoms with Gasteiger partial charge >= 0.3 is 0 Å². The van der Waals surface area contributed by atoms with Crippen LogP contribution in [0.2, 0.25) is 0 Å². The summed E-state index contributed by atoms with van der Waals surface area (Å²) >= 11 is 0. The number of hydrogen-bond donors (Lipinski definition) is 0. The molecule has 0 aromatic heterocycles. The summed E-state index contributed by atoms with van der Waals surface area (Å²) < 4.78 is 0. The van der Waals surface area contributed by atoms with Gasteiger partial charge in [-0.2, -0.15) is 0 Å². The zero-order chi connectivity index (χ0) is 4.83. The predicted octanol–water partition coefficient (Wildman–Crippen LogP) is 1.98. The Hall–Kier alpha value is 0.740. The van der Waals surface area contributed by atoms with E-state index in [1.807, 2.05) is 6.08 Å². The van der Waals surface area contributed by atoms with Gasteiger partial charge in [0.15, 0.2) is 0 Å². The molecule has 0 rings (SSSR count). The van der Waals surface area contributed by atoms with Crippen molar-refractivity contribution in [3.05, 3.63) is 12.7 Å². The second kappa shape index (κ2) is 9.88. The molecule has 0 heterocycles. The summed E-state index contributed by atoms with van der Waals surface area (Å²) in [6.45, 7) is 5.78. The number of unbranched alkanes of at least 4 members (excludes halogenated alkanes) is 2. The Bertz CT molecular complexity index is 33.2. The van der Waals surface area contributed by atoms with Crippen LogP contribution in [0.25, 0.3) is 0 Å². The van der Waals surface area contributed by atoms with Crippen LogP contribution >= 0.6 is 0 Å². The molecule has 0 bridgehead atoms. The maximum atomic E-state index is 3.60. The summed E-state index contributed by atoms with van der Waals surface area (Å²) in [4.78, 5) is 0. The SMILES string of the molecule is C=CCCCC.[Na]. The fourth-order valence-corrected chi connectivity index (χ4v) is 0.348. The first-order valence-corrected chi connectivity index (χ1v) is 2.52. The van der Waals surface area contributed by atoms with E-state index in [4.69, 9.17) is 0 Å². The van der Waals surface area contributed by atoms with Crippen molar-refractivity contribution < 1.29 is 0 Å². The molecule has 0 unspecified atom stereocenters. The molecule has 0 atom stereocenters. The molecule has 0 fully saturated rings. The zero-order valence-corrected chi connectivity index (χ0v) is 7.41. The Morgan fingerprint density at radius 1 is 1.57 bits per heavy atom. The Balaban J connectivity index is 0. The van der Waals surface area contributed by atoms with Crippen LogP contribution in [0.4, 0.5) is 0 Å². The minimum Gasteiger partial charge on any atom is -0.103 e. The average Bonchev–Trinajstić information content (AvgIpc) is 1.61. The van der Waals surface area contributed by atoms with Gasteiger partial charge in [-0.3, -0.25) is 0 Å². The summed E-state index contributed by atoms with van der Waals surface area (Å²) in [5, 5.41) is 0. The Morgan fingerprint density at radius 3 is 2.29 bits per heavy atom. The summed E-state index contributed by atoms with van der Waals surface area (Å²) in [5.74, 6) is 0. The fraction of sp³-hybridized carbons (Fsp3) is 0.667. The van der Waals surface area contributed by atoms with E-state index in [9.17, 15) is 0 Å². The summed E-state index contributed by atoms with van der Waals surface area (Å²) in [5.41, 5.74) is 0. The molecule has 0 aliphatic carbocycles. The van der Waals surface area contributed by atoms with Crippen LogP contribution in [-0.4, -0.2) is 29.6 Å². The first kappa shape index (κ1) is 10.7. The normalized spacial score (nSPS) is 7.00. The Labute approximate surface area is 68.3 Å². The van der Waals surface area contributed by atoms with Crippen LogP contribution < -0.4 is 0 Å². The van der Waals surface area contributed by atoms with Gasteiger partial charge in [0.1, 0.15) is 0 Å². The monoisotopic (exact) mass is 107 g/mol. The molecule has 7 heavy (non-hydrogen) atoms. The quantitative estimate of drug-likeness (QED) is 0.294. The zero-order valence-electron chi connectivity index (χ0n) is 5.41. The molecule has 0 saturated heterocycles. The summed E-state index contributed by atoms with van der Waals surface area (Å²) in [6.07, 6.45) is 5.72. The molecule has 0 nitrogen and oxygen atoms in total. The van der Waals surface area contributed by atoms with Crippen LogP contribution in [0.3, 0.4) is 0 Å². The van der Waals surface area contributed by atoms with Gasteiger partial charge in [0.2, 0.25) is 0 Å². The molecule has 0 amide bonds. The third-order valence-electron chi connectivity index (χ3n) is 0.762. The third kappa shape index (κ3) is 10.8. The summed E-state index contributed by atoms with van der Waals surface area (Å²) in [7, 11) is 0. The van der Waals surface area contributed by atoms with E-state index in [2.05, 4.69) is 13.5 Å². The van der Waals surface area contributed by atoms with Crippen molar-refractivity contribution >= 4 is 29.6 Å². The van der Waals surface area contributed by atoms with Crippen molar-refractivity contribution in [3.63, 3.8) is 0 Å². The molecular formula is C6H12Na. The molecule has 0 aliphatic heterocycles. The van der Waals surface area contributed by atoms with E-state index < -0.39 is 0 Å². The van der Waals surface area contributed by atoms with E-state index in [1.165, 1.54) is 19.3 Å². The second-order valence-electron chi connectivity index (χ2n) is 1.43. The van der Waals surface area contributed by atoms with Gasteiger partial charge in [-0.1, -0.05) is 25.8 Å². The van der Waals surface area contributed by atoms with Gasteiger partial charge < -0.3 is 0 Å². The first-order valence-electron chi connectivity index (χ1n) is 2.52. The van der Waals surface area contributed by atoms with Gasteiger partial charge in [0.25, 0.3) is 0 Å². The van der Waals surface area contributed by atoms with Crippen LogP contribution in [-0.2, 0) is 0 Å². The van der Waals surface area contributed by atoms with E-state index in [0.29, 0.717) is 0 Å². The van der Waals surface area contributed by atoms with Crippen LogP contribution in [0.15, 0.2) is 12.7 Å². The Kier molecular flexibility index (Phi) is 15.1. The summed E-state index contributed by atoms with van der Waals surface area (Å²) in [6, 6.07) is 0. The second-order valence-corrected chi connectivity index (χ2v) is 1.43. The molecule has 0 spiro atoms. The smallest absolute Gasteiger partial charge is 0 e. The maximum Gasteiger partial charge on any atom is 0 e. The molecule has 0 N–H and O–H groups in total. The van der Waals surface area contributed by atoms with Crippen molar-refractivity contribution in [2.45, 2.75) is 26.2 Å². The fourth-order valence-electron chi connectivity index (χ4n) is 0.348. The standard InChI is InChI=1S/C6H12.Na/c1-3-5-6-4-2;/h3H,1,4-6H2,2H3;. The van der Waals surface area contributed by atoms with Crippen molar-refractivity contribution in [3.8, 4) is 0 Å². The van der Waals surface area contributed by atoms with Crippen molar-refractivity contribution in [1.29, 1.82) is 0 Å². The van der Waals surface area contributed by atoms with E-state index >= 15 is 0 Å². The molecule has 1 heteroatoms. The molecule has 0 aromatic rings. The first-order chi connectivity index (χ1) is 2.91. The average molecular weight is 107 g/mol. The maximum absolute atomic E-state index is 3.60. The van der Waals surface area contributed by atoms with Gasteiger partial charge in [-0.15, -0.1) is 6.58 Å². The molecule has 0 saturated carbocycles. The topological polar surface area (TPSA) is 0 Å². The van der Waals surface area contributed by atoms with Crippen molar-refractivity contribution in [2.75, 3.05) is 0 Å². The minimum absolute atomic E-state index is 0. The van der Waals surface area contributed by atoms with E-state index in [-0.39, 0.29) is 29.6 Å². The van der Waals surface area contributed by atoms with Crippen LogP contribution in [0, 0.1) is 0 Å². The molecule has 0 aliphatic rings. The van der Waals surface area contributed by atoms with Gasteiger partial charge in [-0.05, 0) is 6.42 Å². The molecule has 37 valence electrons. The molecule has 1 radical (unpaired) electrons. The van der Waals surface area contributed by atoms with Gasteiger partial charge in [-0.25, -0.2) is 0 Å². The van der Waals surface area contributed by atoms with E-state index in [1.54, 1.807) is 0 Å². The molecular weight excluding hydrogens is 95.1 g/mol. The largest absolute Gasteiger partial charge is 0.103 e. The third-order valence-corrected chi connectivity index (χ3v) is 0.762. The molecule has 0 aromatic carbocycles. The number of hydrogen-bond acceptors (Lipinski definition) is 0.